The van der Waals surface area contributed by atoms with Gasteiger partial charge in [0.25, 0.3) is 0 Å². The van der Waals surface area contributed by atoms with Crippen molar-refractivity contribution in [3.05, 3.63) is 103 Å². The Morgan fingerprint density at radius 3 is 1.79 bits per heavy atom. The number of aromatic nitrogens is 1. The third-order valence-corrected chi connectivity index (χ3v) is 6.79. The molecule has 0 N–H and O–H groups in total. The summed E-state index contributed by atoms with van der Waals surface area (Å²) in [6.45, 7) is 0. The Morgan fingerprint density at radius 1 is 0.394 bits per heavy atom. The van der Waals surface area contributed by atoms with E-state index in [4.69, 9.17) is 8.83 Å². The summed E-state index contributed by atoms with van der Waals surface area (Å²) in [5, 5.41) is 6.95. The van der Waals surface area contributed by atoms with Crippen molar-refractivity contribution in [3.8, 4) is 5.69 Å². The molecule has 0 saturated carbocycles. The highest BCUT2D eigenvalue weighted by Gasteiger charge is 2.17. The van der Waals surface area contributed by atoms with Gasteiger partial charge < -0.3 is 13.4 Å². The Labute approximate surface area is 188 Å². The van der Waals surface area contributed by atoms with Crippen LogP contribution < -0.4 is 0 Å². The van der Waals surface area contributed by atoms with Gasteiger partial charge in [0.05, 0.1) is 11.0 Å². The van der Waals surface area contributed by atoms with Crippen molar-refractivity contribution in [1.82, 2.24) is 4.57 Å². The molecule has 0 bridgehead atoms. The van der Waals surface area contributed by atoms with Crippen LogP contribution in [0.2, 0.25) is 0 Å². The monoisotopic (exact) mass is 423 g/mol. The molecule has 0 fully saturated rings. The van der Waals surface area contributed by atoms with Crippen LogP contribution in [0.15, 0.2) is 112 Å². The normalized spacial score (nSPS) is 12.2. The summed E-state index contributed by atoms with van der Waals surface area (Å²) >= 11 is 0. The van der Waals surface area contributed by atoms with E-state index in [9.17, 15) is 0 Å². The van der Waals surface area contributed by atoms with Crippen LogP contribution >= 0.6 is 0 Å². The van der Waals surface area contributed by atoms with Gasteiger partial charge in [-0.3, -0.25) is 0 Å². The van der Waals surface area contributed by atoms with Crippen LogP contribution in [-0.4, -0.2) is 4.57 Å². The summed E-state index contributed by atoms with van der Waals surface area (Å²) in [5.41, 5.74) is 7.12. The zero-order valence-corrected chi connectivity index (χ0v) is 17.6. The number of hydrogen-bond acceptors (Lipinski definition) is 2. The second-order valence-electron chi connectivity index (χ2n) is 8.59. The maximum Gasteiger partial charge on any atom is 0.136 e. The molecule has 8 aromatic rings. The number of benzene rings is 5. The molecule has 154 valence electrons. The molecule has 8 rings (SSSR count). The van der Waals surface area contributed by atoms with Gasteiger partial charge in [0, 0.05) is 38.0 Å². The van der Waals surface area contributed by atoms with Gasteiger partial charge in [0.2, 0.25) is 0 Å². The third kappa shape index (κ3) is 2.23. The van der Waals surface area contributed by atoms with E-state index in [2.05, 4.69) is 83.4 Å². The van der Waals surface area contributed by atoms with Gasteiger partial charge in [-0.25, -0.2) is 0 Å². The van der Waals surface area contributed by atoms with Gasteiger partial charge in [0.15, 0.2) is 0 Å². The molecule has 3 heteroatoms. The Morgan fingerprint density at radius 2 is 1.00 bits per heavy atom. The fraction of sp³-hybridized carbons (Fsp3) is 0. The van der Waals surface area contributed by atoms with E-state index in [-0.39, 0.29) is 0 Å². The molecular formula is C30H17NO2. The van der Waals surface area contributed by atoms with Crippen LogP contribution in [0, 0.1) is 0 Å². The Balaban J connectivity index is 1.53. The van der Waals surface area contributed by atoms with Crippen molar-refractivity contribution < 1.29 is 8.83 Å². The SMILES string of the molecule is c1ccc2c(c1)oc1ccc(-n3c4ccccc4c4cc5oc6ccccc6c5cc43)cc12. The minimum atomic E-state index is 0.906. The van der Waals surface area contributed by atoms with Crippen molar-refractivity contribution in [2.75, 3.05) is 0 Å². The van der Waals surface area contributed by atoms with E-state index in [0.717, 1.165) is 49.6 Å². The van der Waals surface area contributed by atoms with Crippen molar-refractivity contribution in [2.45, 2.75) is 0 Å². The number of nitrogens with zero attached hydrogens (tertiary/aromatic N) is 1. The Hall–Kier alpha value is -4.50. The van der Waals surface area contributed by atoms with Crippen molar-refractivity contribution in [2.24, 2.45) is 0 Å². The highest BCUT2D eigenvalue weighted by atomic mass is 16.3. The largest absolute Gasteiger partial charge is 0.456 e. The van der Waals surface area contributed by atoms with Crippen LogP contribution in [-0.2, 0) is 0 Å². The molecule has 3 aromatic heterocycles. The van der Waals surface area contributed by atoms with Crippen LogP contribution in [0.4, 0.5) is 0 Å². The van der Waals surface area contributed by atoms with Gasteiger partial charge in [-0.2, -0.15) is 0 Å². The molecule has 0 unspecified atom stereocenters. The zero-order chi connectivity index (χ0) is 21.5. The number of para-hydroxylation sites is 3. The molecule has 3 heterocycles. The fourth-order valence-electron chi connectivity index (χ4n) is 5.32. The molecule has 5 aromatic carbocycles. The quantitative estimate of drug-likeness (QED) is 0.265. The van der Waals surface area contributed by atoms with E-state index in [1.54, 1.807) is 0 Å². The molecule has 3 nitrogen and oxygen atoms in total. The van der Waals surface area contributed by atoms with E-state index < -0.39 is 0 Å². The van der Waals surface area contributed by atoms with Gasteiger partial charge >= 0.3 is 0 Å². The third-order valence-electron chi connectivity index (χ3n) is 6.79. The molecule has 0 spiro atoms. The van der Waals surface area contributed by atoms with Crippen LogP contribution in [0.5, 0.6) is 0 Å². The van der Waals surface area contributed by atoms with E-state index in [1.165, 1.54) is 21.8 Å². The van der Waals surface area contributed by atoms with Gasteiger partial charge in [-0.15, -0.1) is 0 Å². The fourth-order valence-corrected chi connectivity index (χ4v) is 5.32. The second-order valence-corrected chi connectivity index (χ2v) is 8.59. The van der Waals surface area contributed by atoms with E-state index in [1.807, 2.05) is 24.3 Å². The first-order chi connectivity index (χ1) is 16.3. The smallest absolute Gasteiger partial charge is 0.136 e. The summed E-state index contributed by atoms with van der Waals surface area (Å²) < 4.78 is 14.6. The predicted molar refractivity (Wildman–Crippen MR) is 135 cm³/mol. The van der Waals surface area contributed by atoms with Crippen molar-refractivity contribution in [1.29, 1.82) is 0 Å². The molecular weight excluding hydrogens is 406 g/mol. The molecule has 0 amide bonds. The second kappa shape index (κ2) is 6.05. The summed E-state index contributed by atoms with van der Waals surface area (Å²) in [4.78, 5) is 0. The van der Waals surface area contributed by atoms with Crippen LogP contribution in [0.3, 0.4) is 0 Å². The summed E-state index contributed by atoms with van der Waals surface area (Å²) in [6, 6.07) is 36.0. The zero-order valence-electron chi connectivity index (χ0n) is 17.6. The molecule has 0 saturated heterocycles. The van der Waals surface area contributed by atoms with Crippen molar-refractivity contribution >= 4 is 65.7 Å². The minimum absolute atomic E-state index is 0.906. The molecule has 33 heavy (non-hydrogen) atoms. The van der Waals surface area contributed by atoms with Crippen LogP contribution in [0.1, 0.15) is 0 Å². The first-order valence-electron chi connectivity index (χ1n) is 11.1. The summed E-state index contributed by atoms with van der Waals surface area (Å²) in [7, 11) is 0. The maximum atomic E-state index is 6.20. The Kier molecular flexibility index (Phi) is 3.14. The first-order valence-corrected chi connectivity index (χ1v) is 11.1. The van der Waals surface area contributed by atoms with Gasteiger partial charge in [-0.05, 0) is 48.5 Å². The lowest BCUT2D eigenvalue weighted by atomic mass is 10.1. The summed E-state index contributed by atoms with van der Waals surface area (Å²) in [6.07, 6.45) is 0. The molecule has 0 atom stereocenters. The number of furan rings is 2. The van der Waals surface area contributed by atoms with E-state index >= 15 is 0 Å². The molecule has 0 aliphatic rings. The number of fused-ring (bicyclic) bond motifs is 9. The molecule has 0 aliphatic heterocycles. The molecule has 0 radical (unpaired) electrons. The number of hydrogen-bond donors (Lipinski definition) is 0. The molecule has 0 aliphatic carbocycles. The van der Waals surface area contributed by atoms with Gasteiger partial charge in [0.1, 0.15) is 22.3 Å². The lowest BCUT2D eigenvalue weighted by molar-refractivity contribution is 0.668. The highest BCUT2D eigenvalue weighted by Crippen LogP contribution is 2.39. The lowest BCUT2D eigenvalue weighted by Gasteiger charge is -2.08. The lowest BCUT2D eigenvalue weighted by Crippen LogP contribution is -1.93. The Bertz CT molecular complexity index is 2030. The van der Waals surface area contributed by atoms with E-state index in [0.29, 0.717) is 0 Å². The summed E-state index contributed by atoms with van der Waals surface area (Å²) in [5.74, 6) is 0. The predicted octanol–water partition coefficient (Wildman–Crippen LogP) is 8.58. The minimum Gasteiger partial charge on any atom is -0.456 e. The maximum absolute atomic E-state index is 6.20. The number of rotatable bonds is 1. The van der Waals surface area contributed by atoms with Gasteiger partial charge in [-0.1, -0.05) is 54.6 Å². The standard InChI is InChI=1S/C30H17NO2/c1-4-10-25-19(7-1)22-17-30-24(21-9-3-6-12-28(21)33-30)16-26(22)31(25)18-13-14-29-23(15-18)20-8-2-5-11-27(20)32-29/h1-17H. The highest BCUT2D eigenvalue weighted by molar-refractivity contribution is 6.17. The van der Waals surface area contributed by atoms with Crippen molar-refractivity contribution in [3.63, 3.8) is 0 Å². The average Bonchev–Trinajstić information content (AvgIpc) is 3.51. The first kappa shape index (κ1) is 17.1. The average molecular weight is 423 g/mol. The van der Waals surface area contributed by atoms with Crippen LogP contribution in [0.25, 0.3) is 71.4 Å². The topological polar surface area (TPSA) is 31.2 Å².